The van der Waals surface area contributed by atoms with Crippen LogP contribution in [-0.4, -0.2) is 9.97 Å². The Hall–Kier alpha value is -4.18. The molecule has 3 nitrogen and oxygen atoms in total. The van der Waals surface area contributed by atoms with E-state index < -0.39 is 0 Å². The van der Waals surface area contributed by atoms with Crippen LogP contribution in [0, 0.1) is 12.7 Å². The maximum absolute atomic E-state index is 14.6. The molecule has 1 N–H and O–H groups in total. The number of benzene rings is 3. The summed E-state index contributed by atoms with van der Waals surface area (Å²) in [4.78, 5) is 10.6. The number of aromatic amines is 1. The average molecular weight is 429 g/mol. The number of H-pyrrole nitrogens is 1. The van der Waals surface area contributed by atoms with Gasteiger partial charge in [-0.05, 0) is 60.0 Å². The van der Waals surface area contributed by atoms with Gasteiger partial charge in [0.1, 0.15) is 5.82 Å². The van der Waals surface area contributed by atoms with E-state index in [2.05, 4.69) is 77.6 Å². The Morgan fingerprint density at radius 3 is 2.70 bits per heavy atom. The summed E-state index contributed by atoms with van der Waals surface area (Å²) in [6, 6.07) is 23.9. The van der Waals surface area contributed by atoms with E-state index in [-0.39, 0.29) is 11.9 Å². The number of nitrogens with zero attached hydrogens (tertiary/aromatic N) is 2. The lowest BCUT2D eigenvalue weighted by atomic mass is 9.87. The van der Waals surface area contributed by atoms with Gasteiger partial charge in [-0.15, -0.1) is 0 Å². The molecule has 1 unspecified atom stereocenters. The van der Waals surface area contributed by atoms with E-state index >= 15 is 0 Å². The molecular formula is C29H20FN3. The number of halogens is 1. The fourth-order valence-electron chi connectivity index (χ4n) is 5.35. The van der Waals surface area contributed by atoms with Gasteiger partial charge < -0.3 is 9.88 Å². The quantitative estimate of drug-likeness (QED) is 0.308. The highest BCUT2D eigenvalue weighted by atomic mass is 19.1. The summed E-state index contributed by atoms with van der Waals surface area (Å²) < 4.78 is 14.6. The molecule has 4 heteroatoms. The lowest BCUT2D eigenvalue weighted by Crippen LogP contribution is -2.31. The number of anilines is 1. The van der Waals surface area contributed by atoms with Crippen LogP contribution >= 0.6 is 0 Å². The Kier molecular flexibility index (Phi) is 3.71. The molecule has 33 heavy (non-hydrogen) atoms. The van der Waals surface area contributed by atoms with Crippen molar-refractivity contribution < 1.29 is 4.39 Å². The summed E-state index contributed by atoms with van der Waals surface area (Å²) in [7, 11) is 0. The molecule has 3 aromatic carbocycles. The van der Waals surface area contributed by atoms with E-state index in [4.69, 9.17) is 4.98 Å². The zero-order valence-corrected chi connectivity index (χ0v) is 18.0. The van der Waals surface area contributed by atoms with Crippen LogP contribution in [0.4, 0.5) is 10.1 Å². The maximum atomic E-state index is 14.6. The third-order valence-electron chi connectivity index (χ3n) is 6.83. The second-order valence-electron chi connectivity index (χ2n) is 8.78. The molecule has 7 rings (SSSR count). The van der Waals surface area contributed by atoms with Gasteiger partial charge in [-0.1, -0.05) is 48.0 Å². The highest BCUT2D eigenvalue weighted by Gasteiger charge is 2.37. The third-order valence-corrected chi connectivity index (χ3v) is 6.83. The van der Waals surface area contributed by atoms with Gasteiger partial charge in [0.2, 0.25) is 0 Å². The Morgan fingerprint density at radius 1 is 0.939 bits per heavy atom. The van der Waals surface area contributed by atoms with E-state index in [1.54, 1.807) is 12.1 Å². The monoisotopic (exact) mass is 429 g/mol. The second-order valence-corrected chi connectivity index (χ2v) is 8.78. The van der Waals surface area contributed by atoms with Crippen molar-refractivity contribution in [2.24, 2.45) is 0 Å². The van der Waals surface area contributed by atoms with Crippen LogP contribution in [0.3, 0.4) is 0 Å². The summed E-state index contributed by atoms with van der Waals surface area (Å²) in [6.45, 7) is 2.10. The zero-order valence-electron chi connectivity index (χ0n) is 18.0. The number of fused-ring (bicyclic) bond motifs is 7. The first-order valence-electron chi connectivity index (χ1n) is 11.1. The number of aromatic nitrogens is 2. The van der Waals surface area contributed by atoms with Crippen LogP contribution in [0.2, 0.25) is 0 Å². The van der Waals surface area contributed by atoms with Gasteiger partial charge in [0.15, 0.2) is 0 Å². The molecule has 4 heterocycles. The molecule has 0 amide bonds. The molecule has 2 aromatic heterocycles. The summed E-state index contributed by atoms with van der Waals surface area (Å²) in [5.74, 6) is -0.225. The minimum absolute atomic E-state index is 0.183. The van der Waals surface area contributed by atoms with Crippen LogP contribution in [0.25, 0.3) is 33.9 Å². The number of hydrogen-bond donors (Lipinski definition) is 1. The molecule has 0 spiro atoms. The molecule has 1 atom stereocenters. The van der Waals surface area contributed by atoms with Crippen molar-refractivity contribution in [3.63, 3.8) is 0 Å². The fraction of sp³-hybridized carbons (Fsp3) is 0.0690. The normalized spacial score (nSPS) is 16.0. The van der Waals surface area contributed by atoms with Crippen LogP contribution in [0.5, 0.6) is 0 Å². The molecular weight excluding hydrogens is 409 g/mol. The average Bonchev–Trinajstić information content (AvgIpc) is 3.22. The number of rotatable bonds is 1. The highest BCUT2D eigenvalue weighted by molar-refractivity contribution is 6.06. The first-order valence-corrected chi connectivity index (χ1v) is 11.1. The van der Waals surface area contributed by atoms with Crippen molar-refractivity contribution in [3.8, 4) is 11.3 Å². The lowest BCUT2D eigenvalue weighted by Gasteiger charge is -2.39. The van der Waals surface area contributed by atoms with E-state index in [0.29, 0.717) is 0 Å². The predicted octanol–water partition coefficient (Wildman–Crippen LogP) is 7.10. The Bertz CT molecular complexity index is 1590. The molecule has 0 aliphatic carbocycles. The van der Waals surface area contributed by atoms with E-state index in [1.165, 1.54) is 5.56 Å². The fourth-order valence-corrected chi connectivity index (χ4v) is 5.35. The molecule has 0 radical (unpaired) electrons. The van der Waals surface area contributed by atoms with Gasteiger partial charge >= 0.3 is 0 Å². The Balaban J connectivity index is 1.63. The second kappa shape index (κ2) is 6.66. The molecule has 0 saturated heterocycles. The standard InChI is InChI=1S/C29H20FN3/c1-17-7-9-18(10-8-17)26-14-19-11-12-20(30)15-22(19)29-23-16-32-24-5-2-4-21(27(23)24)28-25(33(26)29)6-3-13-31-28/h2-16,29,32H,1H3. The van der Waals surface area contributed by atoms with Crippen molar-refractivity contribution in [1.29, 1.82) is 0 Å². The molecule has 2 aliphatic rings. The highest BCUT2D eigenvalue weighted by Crippen LogP contribution is 2.52. The van der Waals surface area contributed by atoms with Crippen molar-refractivity contribution in [2.45, 2.75) is 13.0 Å². The SMILES string of the molecule is Cc1ccc(C2=Cc3ccc(F)cc3C3c4c[nH]c5cccc(c45)-c4ncccc4N23)cc1. The third kappa shape index (κ3) is 2.58. The first kappa shape index (κ1) is 18.4. The summed E-state index contributed by atoms with van der Waals surface area (Å²) in [5, 5.41) is 1.14. The first-order chi connectivity index (χ1) is 16.2. The molecule has 158 valence electrons. The summed E-state index contributed by atoms with van der Waals surface area (Å²) in [5.41, 5.74) is 10.6. The van der Waals surface area contributed by atoms with Crippen LogP contribution in [0.15, 0.2) is 85.2 Å². The van der Waals surface area contributed by atoms with Gasteiger partial charge in [-0.2, -0.15) is 0 Å². The molecule has 0 fully saturated rings. The predicted molar refractivity (Wildman–Crippen MR) is 131 cm³/mol. The molecule has 0 saturated carbocycles. The molecule has 5 aromatic rings. The maximum Gasteiger partial charge on any atom is 0.123 e. The number of hydrogen-bond acceptors (Lipinski definition) is 2. The van der Waals surface area contributed by atoms with Crippen molar-refractivity contribution in [2.75, 3.05) is 4.90 Å². The number of pyridine rings is 1. The van der Waals surface area contributed by atoms with E-state index in [9.17, 15) is 4.39 Å². The minimum Gasteiger partial charge on any atom is -0.361 e. The van der Waals surface area contributed by atoms with Gasteiger partial charge in [0.05, 0.1) is 17.4 Å². The van der Waals surface area contributed by atoms with Crippen molar-refractivity contribution >= 4 is 28.4 Å². The topological polar surface area (TPSA) is 31.9 Å². The van der Waals surface area contributed by atoms with Crippen molar-refractivity contribution in [3.05, 3.63) is 119 Å². The van der Waals surface area contributed by atoms with Gasteiger partial charge in [0, 0.05) is 40.1 Å². The van der Waals surface area contributed by atoms with E-state index in [1.807, 2.05) is 18.3 Å². The summed E-state index contributed by atoms with van der Waals surface area (Å²) >= 11 is 0. The zero-order chi connectivity index (χ0) is 22.1. The number of nitrogens with one attached hydrogen (secondary N) is 1. The van der Waals surface area contributed by atoms with Crippen LogP contribution in [-0.2, 0) is 0 Å². The number of aryl methyl sites for hydroxylation is 1. The molecule has 0 bridgehead atoms. The van der Waals surface area contributed by atoms with Crippen LogP contribution in [0.1, 0.15) is 33.9 Å². The smallest absolute Gasteiger partial charge is 0.123 e. The minimum atomic E-state index is -0.225. The van der Waals surface area contributed by atoms with Crippen LogP contribution < -0.4 is 4.90 Å². The molecule has 2 aliphatic heterocycles. The van der Waals surface area contributed by atoms with Gasteiger partial charge in [-0.3, -0.25) is 4.98 Å². The van der Waals surface area contributed by atoms with Crippen molar-refractivity contribution in [1.82, 2.24) is 9.97 Å². The largest absolute Gasteiger partial charge is 0.361 e. The van der Waals surface area contributed by atoms with Gasteiger partial charge in [0.25, 0.3) is 0 Å². The lowest BCUT2D eigenvalue weighted by molar-refractivity contribution is 0.622. The summed E-state index contributed by atoms with van der Waals surface area (Å²) in [6.07, 6.45) is 6.09. The van der Waals surface area contributed by atoms with Gasteiger partial charge in [-0.25, -0.2) is 4.39 Å². The Labute approximate surface area is 190 Å². The Morgan fingerprint density at radius 2 is 1.82 bits per heavy atom. The van der Waals surface area contributed by atoms with E-state index in [0.717, 1.165) is 55.8 Å².